The highest BCUT2D eigenvalue weighted by Crippen LogP contribution is 2.48. The normalized spacial score (nSPS) is 32.0. The van der Waals surface area contributed by atoms with Crippen molar-refractivity contribution >= 4 is 0 Å². The van der Waals surface area contributed by atoms with Crippen LogP contribution in [0.25, 0.3) is 0 Å². The summed E-state index contributed by atoms with van der Waals surface area (Å²) in [5.41, 5.74) is 9.37. The molecule has 86 valence electrons. The highest BCUT2D eigenvalue weighted by Gasteiger charge is 2.44. The van der Waals surface area contributed by atoms with E-state index in [0.717, 1.165) is 18.6 Å². The van der Waals surface area contributed by atoms with Gasteiger partial charge in [0.15, 0.2) is 0 Å². The Hall–Kier alpha value is -1.02. The Morgan fingerprint density at radius 3 is 3.06 bits per heavy atom. The lowest BCUT2D eigenvalue weighted by Gasteiger charge is -2.36. The van der Waals surface area contributed by atoms with Gasteiger partial charge in [-0.3, -0.25) is 0 Å². The van der Waals surface area contributed by atoms with Crippen LogP contribution in [0.2, 0.25) is 0 Å². The third kappa shape index (κ3) is 1.29. The van der Waals surface area contributed by atoms with Crippen LogP contribution in [-0.4, -0.2) is 7.11 Å². The molecular formula is C14H19NO. The van der Waals surface area contributed by atoms with Crippen LogP contribution in [-0.2, 0) is 12.0 Å². The minimum Gasteiger partial charge on any atom is -0.497 e. The molecule has 0 unspecified atom stereocenters. The Kier molecular flexibility index (Phi) is 2.21. The number of nitrogens with two attached hydrogens (primary N) is 1. The van der Waals surface area contributed by atoms with E-state index in [2.05, 4.69) is 12.1 Å². The van der Waals surface area contributed by atoms with E-state index in [9.17, 15) is 0 Å². The van der Waals surface area contributed by atoms with Crippen molar-refractivity contribution in [1.82, 2.24) is 0 Å². The second-order valence-corrected chi connectivity index (χ2v) is 5.21. The second kappa shape index (κ2) is 3.49. The molecule has 2 atom stereocenters. The quantitative estimate of drug-likeness (QED) is 0.784. The van der Waals surface area contributed by atoms with Crippen molar-refractivity contribution < 1.29 is 4.74 Å². The number of hydrogen-bond donors (Lipinski definition) is 1. The molecule has 1 saturated carbocycles. The minimum atomic E-state index is -0.0418. The first kappa shape index (κ1) is 10.2. The molecule has 0 heterocycles. The van der Waals surface area contributed by atoms with Crippen LogP contribution in [0.3, 0.4) is 0 Å². The van der Waals surface area contributed by atoms with Gasteiger partial charge >= 0.3 is 0 Å². The summed E-state index contributed by atoms with van der Waals surface area (Å²) in [7, 11) is 1.72. The Bertz CT molecular complexity index is 415. The van der Waals surface area contributed by atoms with E-state index in [1.807, 2.05) is 6.07 Å². The van der Waals surface area contributed by atoms with Crippen LogP contribution in [0, 0.1) is 5.92 Å². The van der Waals surface area contributed by atoms with E-state index in [1.54, 1.807) is 7.11 Å². The van der Waals surface area contributed by atoms with Crippen LogP contribution in [0.1, 0.15) is 36.8 Å². The summed E-state index contributed by atoms with van der Waals surface area (Å²) in [5, 5.41) is 0. The SMILES string of the molecule is COc1ccc2c(c1)C[C@H]1CCCC[C@@]21N. The molecule has 0 aromatic heterocycles. The molecule has 2 aliphatic carbocycles. The number of methoxy groups -OCH3 is 1. The van der Waals surface area contributed by atoms with Gasteiger partial charge in [-0.25, -0.2) is 0 Å². The van der Waals surface area contributed by atoms with E-state index in [0.29, 0.717) is 5.92 Å². The lowest BCUT2D eigenvalue weighted by Crippen LogP contribution is -2.43. The number of ether oxygens (including phenoxy) is 1. The van der Waals surface area contributed by atoms with Gasteiger partial charge in [-0.15, -0.1) is 0 Å². The molecule has 0 saturated heterocycles. The predicted octanol–water partition coefficient (Wildman–Crippen LogP) is 2.60. The van der Waals surface area contributed by atoms with Crippen molar-refractivity contribution in [3.63, 3.8) is 0 Å². The van der Waals surface area contributed by atoms with Crippen molar-refractivity contribution in [3.05, 3.63) is 29.3 Å². The molecule has 0 aliphatic heterocycles. The van der Waals surface area contributed by atoms with Crippen LogP contribution in [0.5, 0.6) is 5.75 Å². The first-order valence-corrected chi connectivity index (χ1v) is 6.20. The zero-order chi connectivity index (χ0) is 11.2. The monoisotopic (exact) mass is 217 g/mol. The maximum atomic E-state index is 6.63. The lowest BCUT2D eigenvalue weighted by atomic mass is 9.73. The standard InChI is InChI=1S/C14H19NO/c1-16-12-5-6-13-10(9-12)8-11-4-2-3-7-14(11,13)15/h5-6,9,11H,2-4,7-8,15H2,1H3/t11-,14+/m1/s1. The summed E-state index contributed by atoms with van der Waals surface area (Å²) >= 11 is 0. The largest absolute Gasteiger partial charge is 0.497 e. The molecule has 0 radical (unpaired) electrons. The number of hydrogen-bond acceptors (Lipinski definition) is 2. The summed E-state index contributed by atoms with van der Waals surface area (Å²) in [4.78, 5) is 0. The van der Waals surface area contributed by atoms with E-state index in [1.165, 1.54) is 30.4 Å². The van der Waals surface area contributed by atoms with Crippen molar-refractivity contribution in [2.24, 2.45) is 11.7 Å². The van der Waals surface area contributed by atoms with Crippen molar-refractivity contribution in [2.45, 2.75) is 37.6 Å². The van der Waals surface area contributed by atoms with E-state index in [-0.39, 0.29) is 5.54 Å². The van der Waals surface area contributed by atoms with Gasteiger partial charge < -0.3 is 10.5 Å². The van der Waals surface area contributed by atoms with Gasteiger partial charge in [0.1, 0.15) is 5.75 Å². The number of rotatable bonds is 1. The Morgan fingerprint density at radius 2 is 2.25 bits per heavy atom. The van der Waals surface area contributed by atoms with Gasteiger partial charge in [-0.1, -0.05) is 18.9 Å². The summed E-state index contributed by atoms with van der Waals surface area (Å²) in [5.74, 6) is 1.62. The Labute approximate surface area is 96.8 Å². The fourth-order valence-electron chi connectivity index (χ4n) is 3.49. The van der Waals surface area contributed by atoms with Crippen molar-refractivity contribution in [3.8, 4) is 5.75 Å². The van der Waals surface area contributed by atoms with Crippen LogP contribution < -0.4 is 10.5 Å². The topological polar surface area (TPSA) is 35.2 Å². The van der Waals surface area contributed by atoms with E-state index >= 15 is 0 Å². The van der Waals surface area contributed by atoms with Gasteiger partial charge in [0.2, 0.25) is 0 Å². The van der Waals surface area contributed by atoms with Gasteiger partial charge in [0.25, 0.3) is 0 Å². The smallest absolute Gasteiger partial charge is 0.119 e. The van der Waals surface area contributed by atoms with E-state index < -0.39 is 0 Å². The molecule has 2 N–H and O–H groups in total. The Morgan fingerprint density at radius 1 is 1.38 bits per heavy atom. The molecule has 1 aromatic rings. The third-order valence-electron chi connectivity index (χ3n) is 4.40. The van der Waals surface area contributed by atoms with Gasteiger partial charge in [-0.2, -0.15) is 0 Å². The molecule has 2 heteroatoms. The minimum absolute atomic E-state index is 0.0418. The molecule has 1 aromatic carbocycles. The van der Waals surface area contributed by atoms with Crippen LogP contribution >= 0.6 is 0 Å². The molecule has 0 spiro atoms. The molecule has 2 nitrogen and oxygen atoms in total. The lowest BCUT2D eigenvalue weighted by molar-refractivity contribution is 0.212. The zero-order valence-electron chi connectivity index (χ0n) is 9.83. The summed E-state index contributed by atoms with van der Waals surface area (Å²) in [6, 6.07) is 6.40. The highest BCUT2D eigenvalue weighted by atomic mass is 16.5. The van der Waals surface area contributed by atoms with Gasteiger partial charge in [0, 0.05) is 5.54 Å². The maximum absolute atomic E-state index is 6.63. The third-order valence-corrected chi connectivity index (χ3v) is 4.40. The van der Waals surface area contributed by atoms with Crippen LogP contribution in [0.4, 0.5) is 0 Å². The molecule has 0 amide bonds. The summed E-state index contributed by atoms with van der Waals surface area (Å²) in [6.45, 7) is 0. The average Bonchev–Trinajstić information content (AvgIpc) is 2.61. The fraction of sp³-hybridized carbons (Fsp3) is 0.571. The zero-order valence-corrected chi connectivity index (χ0v) is 9.83. The number of fused-ring (bicyclic) bond motifs is 3. The van der Waals surface area contributed by atoms with Crippen LogP contribution in [0.15, 0.2) is 18.2 Å². The Balaban J connectivity index is 2.05. The van der Waals surface area contributed by atoms with Crippen molar-refractivity contribution in [2.75, 3.05) is 7.11 Å². The molecule has 3 rings (SSSR count). The first-order chi connectivity index (χ1) is 7.74. The highest BCUT2D eigenvalue weighted by molar-refractivity contribution is 5.44. The molecule has 1 fully saturated rings. The first-order valence-electron chi connectivity index (χ1n) is 6.20. The van der Waals surface area contributed by atoms with Gasteiger partial charge in [0.05, 0.1) is 7.11 Å². The molecular weight excluding hydrogens is 198 g/mol. The predicted molar refractivity (Wildman–Crippen MR) is 64.5 cm³/mol. The fourth-order valence-corrected chi connectivity index (χ4v) is 3.49. The average molecular weight is 217 g/mol. The summed E-state index contributed by atoms with van der Waals surface area (Å²) < 4.78 is 5.28. The number of benzene rings is 1. The summed E-state index contributed by atoms with van der Waals surface area (Å²) in [6.07, 6.45) is 6.20. The molecule has 16 heavy (non-hydrogen) atoms. The second-order valence-electron chi connectivity index (χ2n) is 5.21. The maximum Gasteiger partial charge on any atom is 0.119 e. The van der Waals surface area contributed by atoms with Crippen molar-refractivity contribution in [1.29, 1.82) is 0 Å². The van der Waals surface area contributed by atoms with E-state index in [4.69, 9.17) is 10.5 Å². The molecule has 2 aliphatic rings. The van der Waals surface area contributed by atoms with Gasteiger partial charge in [-0.05, 0) is 48.4 Å². The molecule has 0 bridgehead atoms.